The zero-order valence-corrected chi connectivity index (χ0v) is 15.1. The van der Waals surface area contributed by atoms with E-state index in [4.69, 9.17) is 11.6 Å². The van der Waals surface area contributed by atoms with E-state index in [1.165, 1.54) is 6.07 Å². The molecule has 0 aliphatic heterocycles. The van der Waals surface area contributed by atoms with Gasteiger partial charge in [0.1, 0.15) is 5.82 Å². The second-order valence-corrected chi connectivity index (χ2v) is 6.47. The summed E-state index contributed by atoms with van der Waals surface area (Å²) in [5.41, 5.74) is 2.29. The number of nitrogens with zero attached hydrogens (tertiary/aromatic N) is 2. The molecular formula is C20H19ClFN3O. The highest BCUT2D eigenvalue weighted by Gasteiger charge is 2.12. The number of carbonyl (C=O) groups excluding carboxylic acids is 1. The lowest BCUT2D eigenvalue weighted by molar-refractivity contribution is -0.116. The number of anilines is 1. The van der Waals surface area contributed by atoms with E-state index in [0.717, 1.165) is 11.3 Å². The number of nitrogens with one attached hydrogen (secondary N) is 1. The monoisotopic (exact) mass is 371 g/mol. The first kappa shape index (κ1) is 18.1. The van der Waals surface area contributed by atoms with Gasteiger partial charge in [-0.05, 0) is 31.0 Å². The van der Waals surface area contributed by atoms with Gasteiger partial charge in [0.25, 0.3) is 0 Å². The van der Waals surface area contributed by atoms with Gasteiger partial charge >= 0.3 is 0 Å². The normalized spacial score (nSPS) is 10.7. The first-order valence-electron chi connectivity index (χ1n) is 8.34. The van der Waals surface area contributed by atoms with Crippen molar-refractivity contribution in [3.05, 3.63) is 82.3 Å². The SMILES string of the molecule is Cc1cc(NC(=O)CCc2ccccc2)nn1Cc1c(F)cccc1Cl. The average Bonchev–Trinajstić information content (AvgIpc) is 2.96. The Hall–Kier alpha value is -2.66. The second-order valence-electron chi connectivity index (χ2n) is 6.06. The van der Waals surface area contributed by atoms with Gasteiger partial charge in [-0.1, -0.05) is 48.0 Å². The van der Waals surface area contributed by atoms with E-state index in [2.05, 4.69) is 10.4 Å². The molecule has 2 aromatic carbocycles. The van der Waals surface area contributed by atoms with Gasteiger partial charge < -0.3 is 5.32 Å². The molecule has 0 fully saturated rings. The van der Waals surface area contributed by atoms with Crippen LogP contribution in [-0.4, -0.2) is 15.7 Å². The Morgan fingerprint density at radius 1 is 1.19 bits per heavy atom. The maximum absolute atomic E-state index is 14.0. The summed E-state index contributed by atoms with van der Waals surface area (Å²) in [7, 11) is 0. The molecule has 4 nitrogen and oxygen atoms in total. The van der Waals surface area contributed by atoms with Gasteiger partial charge in [0.2, 0.25) is 5.91 Å². The van der Waals surface area contributed by atoms with Gasteiger partial charge in [0.15, 0.2) is 5.82 Å². The van der Waals surface area contributed by atoms with Crippen LogP contribution in [0.2, 0.25) is 5.02 Å². The highest BCUT2D eigenvalue weighted by Crippen LogP contribution is 2.21. The van der Waals surface area contributed by atoms with Crippen LogP contribution < -0.4 is 5.32 Å². The number of aromatic nitrogens is 2. The summed E-state index contributed by atoms with van der Waals surface area (Å²) >= 11 is 6.07. The van der Waals surface area contributed by atoms with E-state index in [0.29, 0.717) is 29.2 Å². The topological polar surface area (TPSA) is 46.9 Å². The van der Waals surface area contributed by atoms with E-state index in [9.17, 15) is 9.18 Å². The Balaban J connectivity index is 1.63. The van der Waals surface area contributed by atoms with Gasteiger partial charge in [0, 0.05) is 28.8 Å². The van der Waals surface area contributed by atoms with Crippen LogP contribution in [0.15, 0.2) is 54.6 Å². The largest absolute Gasteiger partial charge is 0.309 e. The Morgan fingerprint density at radius 2 is 1.96 bits per heavy atom. The van der Waals surface area contributed by atoms with Crippen molar-refractivity contribution in [1.29, 1.82) is 0 Å². The molecule has 134 valence electrons. The molecule has 26 heavy (non-hydrogen) atoms. The lowest BCUT2D eigenvalue weighted by atomic mass is 10.1. The summed E-state index contributed by atoms with van der Waals surface area (Å²) < 4.78 is 15.6. The molecule has 0 unspecified atom stereocenters. The fourth-order valence-corrected chi connectivity index (χ4v) is 2.90. The van der Waals surface area contributed by atoms with Crippen LogP contribution in [0.4, 0.5) is 10.2 Å². The van der Waals surface area contributed by atoms with Gasteiger partial charge in [-0.3, -0.25) is 9.48 Å². The first-order valence-corrected chi connectivity index (χ1v) is 8.72. The first-order chi connectivity index (χ1) is 12.5. The fraction of sp³-hybridized carbons (Fsp3) is 0.200. The molecule has 0 saturated carbocycles. The molecular weight excluding hydrogens is 353 g/mol. The van der Waals surface area contributed by atoms with Crippen LogP contribution >= 0.6 is 11.6 Å². The van der Waals surface area contributed by atoms with Crippen molar-refractivity contribution in [3.63, 3.8) is 0 Å². The molecule has 3 aromatic rings. The predicted octanol–water partition coefficient (Wildman–Crippen LogP) is 4.60. The van der Waals surface area contributed by atoms with Crippen molar-refractivity contribution in [2.24, 2.45) is 0 Å². The number of rotatable bonds is 6. The summed E-state index contributed by atoms with van der Waals surface area (Å²) in [4.78, 5) is 12.1. The molecule has 0 atom stereocenters. The van der Waals surface area contributed by atoms with Crippen molar-refractivity contribution in [1.82, 2.24) is 9.78 Å². The minimum absolute atomic E-state index is 0.109. The summed E-state index contributed by atoms with van der Waals surface area (Å²) in [6, 6.07) is 16.2. The van der Waals surface area contributed by atoms with Crippen LogP contribution in [0.1, 0.15) is 23.2 Å². The lowest BCUT2D eigenvalue weighted by Crippen LogP contribution is -2.13. The molecule has 6 heteroatoms. The highest BCUT2D eigenvalue weighted by molar-refractivity contribution is 6.31. The number of halogens is 2. The third-order valence-electron chi connectivity index (χ3n) is 4.10. The minimum Gasteiger partial charge on any atom is -0.309 e. The quantitative estimate of drug-likeness (QED) is 0.688. The summed E-state index contributed by atoms with van der Waals surface area (Å²) in [5, 5.41) is 7.49. The predicted molar refractivity (Wildman–Crippen MR) is 101 cm³/mol. The van der Waals surface area contributed by atoms with Crippen LogP contribution in [0.3, 0.4) is 0 Å². The Labute approximate surface area is 156 Å². The average molecular weight is 372 g/mol. The zero-order chi connectivity index (χ0) is 18.5. The third-order valence-corrected chi connectivity index (χ3v) is 4.46. The lowest BCUT2D eigenvalue weighted by Gasteiger charge is -2.07. The van der Waals surface area contributed by atoms with Crippen LogP contribution in [0.5, 0.6) is 0 Å². The Bertz CT molecular complexity index is 888. The molecule has 0 bridgehead atoms. The van der Waals surface area contributed by atoms with E-state index >= 15 is 0 Å². The second kappa shape index (κ2) is 8.15. The fourth-order valence-electron chi connectivity index (χ4n) is 2.67. The molecule has 1 aromatic heterocycles. The van der Waals surface area contributed by atoms with Crippen molar-refractivity contribution < 1.29 is 9.18 Å². The van der Waals surface area contributed by atoms with E-state index in [1.807, 2.05) is 37.3 Å². The van der Waals surface area contributed by atoms with Crippen LogP contribution in [0, 0.1) is 12.7 Å². The van der Waals surface area contributed by atoms with E-state index in [-0.39, 0.29) is 18.3 Å². The molecule has 1 amide bonds. The Kier molecular flexibility index (Phi) is 5.68. The zero-order valence-electron chi connectivity index (χ0n) is 14.4. The Morgan fingerprint density at radius 3 is 2.69 bits per heavy atom. The molecule has 0 aliphatic rings. The molecule has 1 N–H and O–H groups in total. The summed E-state index contributed by atoms with van der Waals surface area (Å²) in [6.07, 6.45) is 1.03. The molecule has 3 rings (SSSR count). The smallest absolute Gasteiger partial charge is 0.225 e. The van der Waals surface area contributed by atoms with Gasteiger partial charge in [0.05, 0.1) is 6.54 Å². The highest BCUT2D eigenvalue weighted by atomic mass is 35.5. The minimum atomic E-state index is -0.374. The maximum Gasteiger partial charge on any atom is 0.225 e. The molecule has 0 spiro atoms. The number of hydrogen-bond donors (Lipinski definition) is 1. The van der Waals surface area contributed by atoms with Crippen molar-refractivity contribution in [3.8, 4) is 0 Å². The summed E-state index contributed by atoms with van der Waals surface area (Å²) in [6.45, 7) is 2.05. The van der Waals surface area contributed by atoms with E-state index < -0.39 is 0 Å². The van der Waals surface area contributed by atoms with Crippen molar-refractivity contribution >= 4 is 23.3 Å². The number of aryl methyl sites for hydroxylation is 2. The summed E-state index contributed by atoms with van der Waals surface area (Å²) in [5.74, 6) is -0.0312. The number of hydrogen-bond acceptors (Lipinski definition) is 2. The molecule has 0 aliphatic carbocycles. The molecule has 1 heterocycles. The van der Waals surface area contributed by atoms with Crippen LogP contribution in [0.25, 0.3) is 0 Å². The van der Waals surface area contributed by atoms with Gasteiger partial charge in [-0.2, -0.15) is 5.10 Å². The van der Waals surface area contributed by atoms with E-state index in [1.54, 1.807) is 22.9 Å². The molecule has 0 saturated heterocycles. The van der Waals surface area contributed by atoms with Gasteiger partial charge in [-0.15, -0.1) is 0 Å². The van der Waals surface area contributed by atoms with Crippen molar-refractivity contribution in [2.75, 3.05) is 5.32 Å². The van der Waals surface area contributed by atoms with Crippen molar-refractivity contribution in [2.45, 2.75) is 26.3 Å². The number of benzene rings is 2. The third kappa shape index (κ3) is 4.49. The number of amides is 1. The van der Waals surface area contributed by atoms with Gasteiger partial charge in [-0.25, -0.2) is 4.39 Å². The van der Waals surface area contributed by atoms with Crippen LogP contribution in [-0.2, 0) is 17.8 Å². The maximum atomic E-state index is 14.0. The standard InChI is InChI=1S/C20H19ClFN3O/c1-14-12-19(23-20(26)11-10-15-6-3-2-4-7-15)24-25(14)13-16-17(21)8-5-9-18(16)22/h2-9,12H,10-11,13H2,1H3,(H,23,24,26). The number of carbonyl (C=O) groups is 1. The molecule has 0 radical (unpaired) electrons.